The van der Waals surface area contributed by atoms with Crippen LogP contribution in [-0.4, -0.2) is 30.4 Å². The molecule has 26 heavy (non-hydrogen) atoms. The normalized spacial score (nSPS) is 10.7. The first-order valence-electron chi connectivity index (χ1n) is 7.75. The van der Waals surface area contributed by atoms with Crippen molar-refractivity contribution in [2.45, 2.75) is 0 Å². The highest BCUT2D eigenvalue weighted by molar-refractivity contribution is 6.03. The largest absolute Gasteiger partial charge is 0.357 e. The van der Waals surface area contributed by atoms with Crippen LogP contribution in [0.4, 0.5) is 10.2 Å². The molecule has 4 aromatic rings. The summed E-state index contributed by atoms with van der Waals surface area (Å²) >= 11 is 0. The Morgan fingerprint density at radius 2 is 1.96 bits per heavy atom. The number of hydrogen-bond acceptors (Lipinski definition) is 4. The van der Waals surface area contributed by atoms with Gasteiger partial charge in [-0.3, -0.25) is 9.36 Å². The molecular weight excluding hydrogens is 335 g/mol. The van der Waals surface area contributed by atoms with E-state index in [4.69, 9.17) is 0 Å². The van der Waals surface area contributed by atoms with Gasteiger partial charge >= 0.3 is 0 Å². The zero-order chi connectivity index (χ0) is 17.9. The molecule has 0 bridgehead atoms. The minimum absolute atomic E-state index is 0.306. The van der Waals surface area contributed by atoms with Crippen LogP contribution in [0.3, 0.4) is 0 Å². The number of amides is 1. The summed E-state index contributed by atoms with van der Waals surface area (Å²) in [6.45, 7) is 0. The zero-order valence-electron chi connectivity index (χ0n) is 13.4. The van der Waals surface area contributed by atoms with Gasteiger partial charge in [0.15, 0.2) is 0 Å². The number of aromatic amines is 1. The molecule has 0 radical (unpaired) electrons. The molecule has 0 aliphatic heterocycles. The van der Waals surface area contributed by atoms with Crippen molar-refractivity contribution in [3.05, 3.63) is 79.2 Å². The molecule has 3 aromatic heterocycles. The van der Waals surface area contributed by atoms with Crippen LogP contribution in [0.2, 0.25) is 0 Å². The van der Waals surface area contributed by atoms with E-state index in [0.717, 1.165) is 11.1 Å². The molecule has 128 valence electrons. The zero-order valence-corrected chi connectivity index (χ0v) is 13.4. The van der Waals surface area contributed by atoms with Crippen molar-refractivity contribution >= 4 is 11.7 Å². The van der Waals surface area contributed by atoms with Gasteiger partial charge < -0.3 is 10.3 Å². The number of anilines is 1. The van der Waals surface area contributed by atoms with E-state index in [1.807, 2.05) is 0 Å². The fourth-order valence-corrected chi connectivity index (χ4v) is 2.47. The van der Waals surface area contributed by atoms with Gasteiger partial charge in [0.25, 0.3) is 5.91 Å². The highest BCUT2D eigenvalue weighted by atomic mass is 19.1. The maximum atomic E-state index is 13.0. The molecule has 0 saturated carbocycles. The van der Waals surface area contributed by atoms with E-state index < -0.39 is 0 Å². The van der Waals surface area contributed by atoms with E-state index in [9.17, 15) is 9.18 Å². The molecule has 1 aromatic carbocycles. The van der Waals surface area contributed by atoms with Crippen molar-refractivity contribution in [2.75, 3.05) is 5.32 Å². The van der Waals surface area contributed by atoms with Crippen LogP contribution in [0.15, 0.2) is 67.6 Å². The Morgan fingerprint density at radius 3 is 2.73 bits per heavy atom. The molecule has 0 aliphatic carbocycles. The van der Waals surface area contributed by atoms with Gasteiger partial charge in [-0.15, -0.1) is 0 Å². The Morgan fingerprint density at radius 1 is 1.12 bits per heavy atom. The number of hydrogen-bond donors (Lipinski definition) is 2. The number of rotatable bonds is 4. The van der Waals surface area contributed by atoms with E-state index in [1.54, 1.807) is 53.8 Å². The molecule has 0 spiro atoms. The molecule has 3 heterocycles. The molecule has 0 unspecified atom stereocenters. The summed E-state index contributed by atoms with van der Waals surface area (Å²) in [5, 5.41) is 2.72. The summed E-state index contributed by atoms with van der Waals surface area (Å²) in [6, 6.07) is 9.40. The van der Waals surface area contributed by atoms with Crippen molar-refractivity contribution in [3.63, 3.8) is 0 Å². The predicted molar refractivity (Wildman–Crippen MR) is 93.3 cm³/mol. The van der Waals surface area contributed by atoms with Crippen molar-refractivity contribution < 1.29 is 9.18 Å². The minimum atomic E-state index is -0.339. The van der Waals surface area contributed by atoms with Crippen molar-refractivity contribution in [1.82, 2.24) is 24.5 Å². The third kappa shape index (κ3) is 3.20. The Labute approximate surface area is 147 Å². The van der Waals surface area contributed by atoms with Crippen molar-refractivity contribution in [3.8, 4) is 16.9 Å². The molecule has 7 nitrogen and oxygen atoms in total. The van der Waals surface area contributed by atoms with Crippen LogP contribution >= 0.6 is 0 Å². The topological polar surface area (TPSA) is 88.5 Å². The second-order valence-corrected chi connectivity index (χ2v) is 5.49. The number of aromatic nitrogens is 5. The van der Waals surface area contributed by atoms with Gasteiger partial charge in [-0.05, 0) is 29.3 Å². The van der Waals surface area contributed by atoms with E-state index in [2.05, 4.69) is 25.3 Å². The van der Waals surface area contributed by atoms with E-state index in [-0.39, 0.29) is 11.7 Å². The summed E-state index contributed by atoms with van der Waals surface area (Å²) in [5.74, 6) is 0.311. The first-order valence-corrected chi connectivity index (χ1v) is 7.75. The summed E-state index contributed by atoms with van der Waals surface area (Å²) in [5.41, 5.74) is 1.97. The lowest BCUT2D eigenvalue weighted by atomic mass is 10.1. The monoisotopic (exact) mass is 348 g/mol. The fourth-order valence-electron chi connectivity index (χ4n) is 2.47. The standard InChI is InChI=1S/C18H13FN6O/c19-14-3-1-12(2-4-14)13-7-15(21-9-13)18(26)24-16-8-17(23-10-22-16)25-6-5-20-11-25/h1-11,21H,(H,22,23,24,26). The number of nitrogens with zero attached hydrogens (tertiary/aromatic N) is 4. The second-order valence-electron chi connectivity index (χ2n) is 5.49. The van der Waals surface area contributed by atoms with E-state index >= 15 is 0 Å². The predicted octanol–water partition coefficient (Wildman–Crippen LogP) is 3.05. The van der Waals surface area contributed by atoms with E-state index in [1.165, 1.54) is 18.5 Å². The van der Waals surface area contributed by atoms with Crippen molar-refractivity contribution in [2.24, 2.45) is 0 Å². The van der Waals surface area contributed by atoms with Crippen LogP contribution in [0, 0.1) is 5.82 Å². The highest BCUT2D eigenvalue weighted by Crippen LogP contribution is 2.21. The number of H-pyrrole nitrogens is 1. The molecule has 8 heteroatoms. The lowest BCUT2D eigenvalue weighted by molar-refractivity contribution is 0.102. The smallest absolute Gasteiger partial charge is 0.273 e. The number of benzene rings is 1. The third-order valence-corrected chi connectivity index (χ3v) is 3.77. The van der Waals surface area contributed by atoms with E-state index in [0.29, 0.717) is 17.3 Å². The lowest BCUT2D eigenvalue weighted by Crippen LogP contribution is -2.13. The third-order valence-electron chi connectivity index (χ3n) is 3.77. The van der Waals surface area contributed by atoms with Gasteiger partial charge in [0, 0.05) is 24.7 Å². The van der Waals surface area contributed by atoms with Gasteiger partial charge in [0.05, 0.1) is 0 Å². The first-order chi connectivity index (χ1) is 12.7. The highest BCUT2D eigenvalue weighted by Gasteiger charge is 2.11. The van der Waals surface area contributed by atoms with Gasteiger partial charge in [-0.2, -0.15) is 0 Å². The number of imidazole rings is 1. The molecule has 0 saturated heterocycles. The molecule has 2 N–H and O–H groups in total. The SMILES string of the molecule is O=C(Nc1cc(-n2ccnc2)ncn1)c1cc(-c2ccc(F)cc2)c[nH]1. The quantitative estimate of drug-likeness (QED) is 0.593. The van der Waals surface area contributed by atoms with Crippen LogP contribution in [-0.2, 0) is 0 Å². The Kier molecular flexibility index (Phi) is 3.98. The molecule has 0 atom stereocenters. The van der Waals surface area contributed by atoms with Gasteiger partial charge in [0.2, 0.25) is 0 Å². The number of carbonyl (C=O) groups excluding carboxylic acids is 1. The fraction of sp³-hybridized carbons (Fsp3) is 0. The average Bonchev–Trinajstić information content (AvgIpc) is 3.35. The number of carbonyl (C=O) groups is 1. The summed E-state index contributed by atoms with van der Waals surface area (Å²) in [6.07, 6.45) is 8.04. The Bertz CT molecular complexity index is 1040. The van der Waals surface area contributed by atoms with Crippen molar-refractivity contribution in [1.29, 1.82) is 0 Å². The van der Waals surface area contributed by atoms with Gasteiger partial charge in [-0.25, -0.2) is 19.3 Å². The molecule has 0 aliphatic rings. The average molecular weight is 348 g/mol. The number of halogens is 1. The van der Waals surface area contributed by atoms with Crippen LogP contribution < -0.4 is 5.32 Å². The minimum Gasteiger partial charge on any atom is -0.357 e. The summed E-state index contributed by atoms with van der Waals surface area (Å²) < 4.78 is 14.7. The first kappa shape index (κ1) is 15.7. The van der Waals surface area contributed by atoms with Gasteiger partial charge in [0.1, 0.15) is 35.8 Å². The van der Waals surface area contributed by atoms with Gasteiger partial charge in [-0.1, -0.05) is 12.1 Å². The van der Waals surface area contributed by atoms with Crippen LogP contribution in [0.25, 0.3) is 16.9 Å². The second kappa shape index (κ2) is 6.60. The maximum Gasteiger partial charge on any atom is 0.273 e. The summed E-state index contributed by atoms with van der Waals surface area (Å²) in [7, 11) is 0. The Hall–Kier alpha value is -3.81. The maximum absolute atomic E-state index is 13.0. The molecule has 4 rings (SSSR count). The summed E-state index contributed by atoms with van der Waals surface area (Å²) in [4.78, 5) is 27.5. The molecule has 0 fully saturated rings. The number of nitrogens with one attached hydrogen (secondary N) is 2. The van der Waals surface area contributed by atoms with Crippen LogP contribution in [0.1, 0.15) is 10.5 Å². The van der Waals surface area contributed by atoms with Crippen LogP contribution in [0.5, 0.6) is 0 Å². The molecule has 1 amide bonds. The lowest BCUT2D eigenvalue weighted by Gasteiger charge is -2.05. The molecular formula is C18H13FN6O. The Balaban J connectivity index is 1.52.